The molecule has 0 heterocycles. The second-order valence-electron chi connectivity index (χ2n) is 2.35. The summed E-state index contributed by atoms with van der Waals surface area (Å²) in [6, 6.07) is 9.52. The first kappa shape index (κ1) is 9.26. The molecule has 13 heavy (non-hydrogen) atoms. The van der Waals surface area contributed by atoms with Gasteiger partial charge in [0.1, 0.15) is 0 Å². The summed E-state index contributed by atoms with van der Waals surface area (Å²) in [5.41, 5.74) is 0.962. The van der Waals surface area contributed by atoms with E-state index in [0.29, 0.717) is 0 Å². The van der Waals surface area contributed by atoms with E-state index in [9.17, 15) is 4.79 Å². The largest absolute Gasteiger partial charge is 0.432 e. The van der Waals surface area contributed by atoms with E-state index in [1.807, 2.05) is 30.3 Å². The van der Waals surface area contributed by atoms with E-state index in [-0.39, 0.29) is 0 Å². The number of carbonyl (C=O) groups excluding carboxylic acids is 1. The van der Waals surface area contributed by atoms with Gasteiger partial charge in [-0.1, -0.05) is 36.9 Å². The minimum Gasteiger partial charge on any atom is -0.432 e. The van der Waals surface area contributed by atoms with Crippen molar-refractivity contribution in [2.75, 3.05) is 0 Å². The Morgan fingerprint density at radius 1 is 1.31 bits per heavy atom. The van der Waals surface area contributed by atoms with Crippen LogP contribution in [0, 0.1) is 0 Å². The van der Waals surface area contributed by atoms with E-state index < -0.39 is 5.97 Å². The van der Waals surface area contributed by atoms with Gasteiger partial charge in [0.15, 0.2) is 0 Å². The topological polar surface area (TPSA) is 26.3 Å². The lowest BCUT2D eigenvalue weighted by molar-refractivity contribution is -0.132. The minimum atomic E-state index is -0.418. The van der Waals surface area contributed by atoms with Gasteiger partial charge in [-0.15, -0.1) is 0 Å². The van der Waals surface area contributed by atoms with Crippen molar-refractivity contribution in [2.24, 2.45) is 0 Å². The van der Waals surface area contributed by atoms with Gasteiger partial charge in [-0.05, 0) is 11.6 Å². The van der Waals surface area contributed by atoms with E-state index >= 15 is 0 Å². The van der Waals surface area contributed by atoms with Gasteiger partial charge in [-0.25, -0.2) is 4.79 Å². The molecule has 0 aliphatic heterocycles. The molecule has 1 rings (SSSR count). The van der Waals surface area contributed by atoms with Crippen LogP contribution in [0.2, 0.25) is 0 Å². The van der Waals surface area contributed by atoms with Crippen LogP contribution >= 0.6 is 0 Å². The first-order chi connectivity index (χ1) is 6.33. The summed E-state index contributed by atoms with van der Waals surface area (Å²) in [5, 5.41) is 0. The molecule has 0 bridgehead atoms. The van der Waals surface area contributed by atoms with Crippen molar-refractivity contribution in [3.8, 4) is 0 Å². The smallest absolute Gasteiger partial charge is 0.335 e. The molecule has 2 nitrogen and oxygen atoms in total. The number of benzene rings is 1. The summed E-state index contributed by atoms with van der Waals surface area (Å²) >= 11 is 0. The van der Waals surface area contributed by atoms with Gasteiger partial charge < -0.3 is 4.74 Å². The van der Waals surface area contributed by atoms with Crippen LogP contribution in [0.3, 0.4) is 0 Å². The molecule has 0 unspecified atom stereocenters. The molecule has 0 saturated heterocycles. The lowest BCUT2D eigenvalue weighted by atomic mass is 10.2. The van der Waals surface area contributed by atoms with Gasteiger partial charge >= 0.3 is 5.97 Å². The molecule has 0 atom stereocenters. The molecule has 0 aliphatic carbocycles. The van der Waals surface area contributed by atoms with Crippen molar-refractivity contribution in [1.82, 2.24) is 0 Å². The monoisotopic (exact) mass is 174 g/mol. The maximum Gasteiger partial charge on any atom is 0.335 e. The Labute approximate surface area is 77.2 Å². The number of rotatable bonds is 3. The molecule has 0 aliphatic rings. The fourth-order valence-corrected chi connectivity index (χ4v) is 0.850. The number of carbonyl (C=O) groups is 1. The van der Waals surface area contributed by atoms with Crippen LogP contribution in [0.1, 0.15) is 5.56 Å². The molecule has 66 valence electrons. The molecule has 0 radical (unpaired) electrons. The minimum absolute atomic E-state index is 0.418. The zero-order chi connectivity index (χ0) is 9.52. The first-order valence-electron chi connectivity index (χ1n) is 3.87. The molecular weight excluding hydrogens is 164 g/mol. The van der Waals surface area contributed by atoms with Gasteiger partial charge in [-0.3, -0.25) is 0 Å². The van der Waals surface area contributed by atoms with Gasteiger partial charge in [-0.2, -0.15) is 0 Å². The third-order valence-corrected chi connectivity index (χ3v) is 1.41. The third kappa shape index (κ3) is 3.38. The second-order valence-corrected chi connectivity index (χ2v) is 2.35. The molecule has 0 N–H and O–H groups in total. The average molecular weight is 174 g/mol. The van der Waals surface area contributed by atoms with Crippen LogP contribution in [0.25, 0.3) is 6.08 Å². The summed E-state index contributed by atoms with van der Waals surface area (Å²) in [6.07, 6.45) is 4.15. The zero-order valence-corrected chi connectivity index (χ0v) is 7.14. The Balaban J connectivity index is 2.58. The summed E-state index contributed by atoms with van der Waals surface area (Å²) in [7, 11) is 0. The van der Waals surface area contributed by atoms with Crippen LogP contribution in [0.15, 0.2) is 49.2 Å². The fraction of sp³-hybridized carbons (Fsp3) is 0. The predicted molar refractivity (Wildman–Crippen MR) is 51.8 cm³/mol. The maximum atomic E-state index is 10.8. The van der Waals surface area contributed by atoms with Crippen molar-refractivity contribution < 1.29 is 9.53 Å². The van der Waals surface area contributed by atoms with Crippen molar-refractivity contribution in [1.29, 1.82) is 0 Å². The van der Waals surface area contributed by atoms with Crippen molar-refractivity contribution in [3.05, 3.63) is 54.8 Å². The maximum absolute atomic E-state index is 10.8. The van der Waals surface area contributed by atoms with Crippen LogP contribution in [-0.2, 0) is 9.53 Å². The summed E-state index contributed by atoms with van der Waals surface area (Å²) in [6.45, 7) is 3.28. The normalized spacial score (nSPS) is 9.85. The van der Waals surface area contributed by atoms with Crippen LogP contribution < -0.4 is 0 Å². The highest BCUT2D eigenvalue weighted by Gasteiger charge is 1.91. The highest BCUT2D eigenvalue weighted by molar-refractivity contribution is 5.87. The van der Waals surface area contributed by atoms with E-state index in [0.717, 1.165) is 11.8 Å². The van der Waals surface area contributed by atoms with Crippen molar-refractivity contribution >= 4 is 12.0 Å². The van der Waals surface area contributed by atoms with E-state index in [4.69, 9.17) is 0 Å². The lowest BCUT2D eigenvalue weighted by Gasteiger charge is -1.91. The SMILES string of the molecule is C=COC(=O)/C=C/c1ccccc1. The Morgan fingerprint density at radius 2 is 2.00 bits per heavy atom. The summed E-state index contributed by atoms with van der Waals surface area (Å²) in [5.74, 6) is -0.418. The Morgan fingerprint density at radius 3 is 2.62 bits per heavy atom. The predicted octanol–water partition coefficient (Wildman–Crippen LogP) is 2.39. The van der Waals surface area contributed by atoms with Crippen LogP contribution in [0.5, 0.6) is 0 Å². The Bertz CT molecular complexity index is 312. The molecule has 1 aromatic carbocycles. The van der Waals surface area contributed by atoms with Gasteiger partial charge in [0.05, 0.1) is 6.26 Å². The second kappa shape index (κ2) is 4.93. The van der Waals surface area contributed by atoms with Crippen molar-refractivity contribution in [2.45, 2.75) is 0 Å². The van der Waals surface area contributed by atoms with E-state index in [2.05, 4.69) is 11.3 Å². The van der Waals surface area contributed by atoms with Gasteiger partial charge in [0, 0.05) is 6.08 Å². The molecule has 2 heteroatoms. The lowest BCUT2D eigenvalue weighted by Crippen LogP contribution is -1.92. The first-order valence-corrected chi connectivity index (χ1v) is 3.87. The molecule has 1 aromatic rings. The molecule has 0 spiro atoms. The molecule has 0 saturated carbocycles. The third-order valence-electron chi connectivity index (χ3n) is 1.41. The van der Waals surface area contributed by atoms with Crippen LogP contribution in [-0.4, -0.2) is 5.97 Å². The summed E-state index contributed by atoms with van der Waals surface area (Å²) in [4.78, 5) is 10.8. The Hall–Kier alpha value is -1.83. The summed E-state index contributed by atoms with van der Waals surface area (Å²) < 4.78 is 4.50. The van der Waals surface area contributed by atoms with Crippen LogP contribution in [0.4, 0.5) is 0 Å². The average Bonchev–Trinajstić information content (AvgIpc) is 2.17. The molecule has 0 amide bonds. The highest BCUT2D eigenvalue weighted by atomic mass is 16.5. The molecule has 0 fully saturated rings. The number of hydrogen-bond donors (Lipinski definition) is 0. The fourth-order valence-electron chi connectivity index (χ4n) is 0.850. The highest BCUT2D eigenvalue weighted by Crippen LogP contribution is 2.00. The number of ether oxygens (including phenoxy) is 1. The molecule has 0 aromatic heterocycles. The number of esters is 1. The van der Waals surface area contributed by atoms with E-state index in [1.165, 1.54) is 6.08 Å². The number of hydrogen-bond acceptors (Lipinski definition) is 2. The standard InChI is InChI=1S/C11H10O2/c1-2-13-11(12)9-8-10-6-4-3-5-7-10/h2-9H,1H2/b9-8+. The Kier molecular flexibility index (Phi) is 3.51. The van der Waals surface area contributed by atoms with E-state index in [1.54, 1.807) is 6.08 Å². The zero-order valence-electron chi connectivity index (χ0n) is 7.14. The molecular formula is C11H10O2. The van der Waals surface area contributed by atoms with Gasteiger partial charge in [0.25, 0.3) is 0 Å². The van der Waals surface area contributed by atoms with Crippen molar-refractivity contribution in [3.63, 3.8) is 0 Å². The quantitative estimate of drug-likeness (QED) is 0.399. The van der Waals surface area contributed by atoms with Gasteiger partial charge in [0.2, 0.25) is 0 Å².